The van der Waals surface area contributed by atoms with Gasteiger partial charge in [0, 0.05) is 43.8 Å². The van der Waals surface area contributed by atoms with Crippen LogP contribution in [0.4, 0.5) is 11.4 Å². The van der Waals surface area contributed by atoms with Gasteiger partial charge >= 0.3 is 6.01 Å². The van der Waals surface area contributed by atoms with Crippen LogP contribution in [0.25, 0.3) is 10.9 Å². The van der Waals surface area contributed by atoms with Crippen molar-refractivity contribution in [1.29, 1.82) is 0 Å². The van der Waals surface area contributed by atoms with Crippen LogP contribution in [0.1, 0.15) is 15.9 Å². The highest BCUT2D eigenvalue weighted by Crippen LogP contribution is 2.31. The number of aromatic hydroxyl groups is 1. The summed E-state index contributed by atoms with van der Waals surface area (Å²) in [5.41, 5.74) is 4.14. The number of ether oxygens (including phenoxy) is 1. The first-order valence-corrected chi connectivity index (χ1v) is 9.70. The minimum atomic E-state index is -0.157. The van der Waals surface area contributed by atoms with Crippen molar-refractivity contribution in [1.82, 2.24) is 19.9 Å². The minimum absolute atomic E-state index is 0.0420. The number of amides is 1. The van der Waals surface area contributed by atoms with Crippen LogP contribution in [0.2, 0.25) is 0 Å². The predicted molar refractivity (Wildman–Crippen MR) is 116 cm³/mol. The molecule has 0 atom stereocenters. The quantitative estimate of drug-likeness (QED) is 0.543. The lowest BCUT2D eigenvalue weighted by atomic mass is 10.1. The van der Waals surface area contributed by atoms with Gasteiger partial charge in [-0.3, -0.25) is 9.78 Å². The van der Waals surface area contributed by atoms with Crippen LogP contribution in [0, 0.1) is 0 Å². The molecule has 0 radical (unpaired) electrons. The molecule has 0 bridgehead atoms. The maximum atomic E-state index is 12.3. The number of fused-ring (bicyclic) bond motifs is 2. The second-order valence-corrected chi connectivity index (χ2v) is 7.38. The fourth-order valence-corrected chi connectivity index (χ4v) is 3.62. The molecule has 8 heteroatoms. The fraction of sp³-hybridized carbons (Fsp3) is 0.130. The van der Waals surface area contributed by atoms with Crippen molar-refractivity contribution < 1.29 is 14.6 Å². The maximum Gasteiger partial charge on any atom is 0.325 e. The molecule has 31 heavy (non-hydrogen) atoms. The third-order valence-electron chi connectivity index (χ3n) is 5.36. The second kappa shape index (κ2) is 7.24. The molecule has 1 aliphatic rings. The molecule has 1 aliphatic heterocycles. The maximum absolute atomic E-state index is 12.3. The number of carbonyl (C=O) groups is 1. The lowest BCUT2D eigenvalue weighted by Crippen LogP contribution is -2.17. The Morgan fingerprint density at radius 3 is 2.65 bits per heavy atom. The molecule has 4 aromatic rings. The Morgan fingerprint density at radius 1 is 1.06 bits per heavy atom. The normalized spacial score (nSPS) is 12.8. The average Bonchev–Trinajstić information content (AvgIpc) is 3.07. The molecule has 0 fully saturated rings. The number of rotatable bonds is 4. The van der Waals surface area contributed by atoms with Crippen molar-refractivity contribution in [2.24, 2.45) is 0 Å². The highest BCUT2D eigenvalue weighted by molar-refractivity contribution is 5.99. The van der Waals surface area contributed by atoms with E-state index in [1.54, 1.807) is 42.5 Å². The molecule has 2 aromatic carbocycles. The summed E-state index contributed by atoms with van der Waals surface area (Å²) >= 11 is 0. The van der Waals surface area contributed by atoms with Gasteiger partial charge in [0.2, 0.25) is 5.88 Å². The van der Waals surface area contributed by atoms with E-state index in [2.05, 4.69) is 15.0 Å². The average molecular weight is 413 g/mol. The summed E-state index contributed by atoms with van der Waals surface area (Å²) in [4.78, 5) is 28.3. The van der Waals surface area contributed by atoms with E-state index in [0.29, 0.717) is 23.2 Å². The number of pyridine rings is 1. The van der Waals surface area contributed by atoms with Crippen molar-refractivity contribution in [2.75, 3.05) is 19.0 Å². The van der Waals surface area contributed by atoms with Crippen LogP contribution in [0.15, 0.2) is 60.9 Å². The van der Waals surface area contributed by atoms with E-state index in [0.717, 1.165) is 22.5 Å². The van der Waals surface area contributed by atoms with E-state index >= 15 is 0 Å². The Morgan fingerprint density at radius 2 is 1.84 bits per heavy atom. The SMILES string of the molecule is CN1Cc2ccc(N(C)c3ccc(Oc4nc(O)c5ccncc5n4)cc3)cc2C1=O. The summed E-state index contributed by atoms with van der Waals surface area (Å²) in [7, 11) is 3.75. The van der Waals surface area contributed by atoms with Gasteiger partial charge in [0.25, 0.3) is 5.91 Å². The van der Waals surface area contributed by atoms with E-state index in [4.69, 9.17) is 4.74 Å². The van der Waals surface area contributed by atoms with Crippen molar-refractivity contribution in [3.05, 3.63) is 72.1 Å². The predicted octanol–water partition coefficient (Wildman–Crippen LogP) is 3.88. The van der Waals surface area contributed by atoms with E-state index in [1.165, 1.54) is 0 Å². The molecule has 0 saturated carbocycles. The van der Waals surface area contributed by atoms with Gasteiger partial charge in [-0.2, -0.15) is 9.97 Å². The van der Waals surface area contributed by atoms with Crippen molar-refractivity contribution in [3.63, 3.8) is 0 Å². The Bertz CT molecular complexity index is 1310. The van der Waals surface area contributed by atoms with E-state index < -0.39 is 0 Å². The van der Waals surface area contributed by atoms with Gasteiger partial charge in [0.05, 0.1) is 17.1 Å². The standard InChI is InChI=1S/C23H19N5O3/c1-27-13-14-3-4-16(11-19(14)22(27)30)28(2)15-5-7-17(8-6-15)31-23-25-20-12-24-10-9-18(20)21(29)26-23/h3-12H,13H2,1-2H3,(H,25,26,29). The zero-order chi connectivity index (χ0) is 21.5. The van der Waals surface area contributed by atoms with Gasteiger partial charge in [0.1, 0.15) is 5.75 Å². The van der Waals surface area contributed by atoms with Crippen molar-refractivity contribution in [2.45, 2.75) is 6.54 Å². The molecule has 154 valence electrons. The number of hydrogen-bond acceptors (Lipinski definition) is 7. The second-order valence-electron chi connectivity index (χ2n) is 7.38. The summed E-state index contributed by atoms with van der Waals surface area (Å²) in [5, 5.41) is 10.6. The van der Waals surface area contributed by atoms with Gasteiger partial charge in [-0.15, -0.1) is 0 Å². The number of hydrogen-bond donors (Lipinski definition) is 1. The Labute approximate surface area is 178 Å². The summed E-state index contributed by atoms with van der Waals surface area (Å²) in [6.07, 6.45) is 3.11. The van der Waals surface area contributed by atoms with Gasteiger partial charge < -0.3 is 19.6 Å². The van der Waals surface area contributed by atoms with Gasteiger partial charge in [-0.05, 0) is 48.0 Å². The number of aromatic nitrogens is 3. The van der Waals surface area contributed by atoms with Crippen LogP contribution in [-0.2, 0) is 6.54 Å². The lowest BCUT2D eigenvalue weighted by molar-refractivity contribution is 0.0816. The Balaban J connectivity index is 1.36. The molecule has 0 aliphatic carbocycles. The molecule has 0 unspecified atom stereocenters. The largest absolute Gasteiger partial charge is 0.493 e. The molecule has 1 amide bonds. The van der Waals surface area contributed by atoms with Gasteiger partial charge in [-0.1, -0.05) is 6.07 Å². The summed E-state index contributed by atoms with van der Waals surface area (Å²) in [6, 6.07) is 15.0. The Kier molecular flexibility index (Phi) is 4.39. The summed E-state index contributed by atoms with van der Waals surface area (Å²) in [5.74, 6) is 0.420. The number of carbonyl (C=O) groups excluding carboxylic acids is 1. The lowest BCUT2D eigenvalue weighted by Gasteiger charge is -2.20. The third kappa shape index (κ3) is 3.38. The molecule has 0 saturated heterocycles. The van der Waals surface area contributed by atoms with E-state index in [9.17, 15) is 9.90 Å². The van der Waals surface area contributed by atoms with Crippen LogP contribution in [0.5, 0.6) is 17.6 Å². The number of benzene rings is 2. The van der Waals surface area contributed by atoms with Crippen LogP contribution < -0.4 is 9.64 Å². The fourth-order valence-electron chi connectivity index (χ4n) is 3.62. The first-order chi connectivity index (χ1) is 15.0. The highest BCUT2D eigenvalue weighted by Gasteiger charge is 2.25. The summed E-state index contributed by atoms with van der Waals surface area (Å²) < 4.78 is 5.72. The molecule has 3 heterocycles. The molecule has 8 nitrogen and oxygen atoms in total. The van der Waals surface area contributed by atoms with Crippen LogP contribution in [0.3, 0.4) is 0 Å². The first kappa shape index (κ1) is 18.8. The zero-order valence-corrected chi connectivity index (χ0v) is 17.0. The third-order valence-corrected chi connectivity index (χ3v) is 5.36. The molecule has 1 N–H and O–H groups in total. The molecule has 0 spiro atoms. The monoisotopic (exact) mass is 413 g/mol. The zero-order valence-electron chi connectivity index (χ0n) is 17.0. The first-order valence-electron chi connectivity index (χ1n) is 9.70. The molecule has 5 rings (SSSR count). The van der Waals surface area contributed by atoms with Gasteiger partial charge in [0.15, 0.2) is 0 Å². The van der Waals surface area contributed by atoms with E-state index in [-0.39, 0.29) is 17.8 Å². The smallest absolute Gasteiger partial charge is 0.325 e. The number of nitrogens with zero attached hydrogens (tertiary/aromatic N) is 5. The van der Waals surface area contributed by atoms with Crippen LogP contribution in [-0.4, -0.2) is 45.0 Å². The number of anilines is 2. The molecular weight excluding hydrogens is 394 g/mol. The van der Waals surface area contributed by atoms with E-state index in [1.807, 2.05) is 42.3 Å². The van der Waals surface area contributed by atoms with Crippen LogP contribution >= 0.6 is 0 Å². The summed E-state index contributed by atoms with van der Waals surface area (Å²) in [6.45, 7) is 0.645. The molecule has 2 aromatic heterocycles. The van der Waals surface area contributed by atoms with Gasteiger partial charge in [-0.25, -0.2) is 0 Å². The highest BCUT2D eigenvalue weighted by atomic mass is 16.5. The topological polar surface area (TPSA) is 91.7 Å². The molecular formula is C23H19N5O3. The van der Waals surface area contributed by atoms with Crippen molar-refractivity contribution in [3.8, 4) is 17.6 Å². The Hall–Kier alpha value is -4.20. The minimum Gasteiger partial charge on any atom is -0.493 e. The van der Waals surface area contributed by atoms with Crippen molar-refractivity contribution >= 4 is 28.2 Å².